The van der Waals surface area contributed by atoms with Gasteiger partial charge in [-0.05, 0) is 69.5 Å². The van der Waals surface area contributed by atoms with Gasteiger partial charge in [0.05, 0.1) is 17.3 Å². The second-order valence-corrected chi connectivity index (χ2v) is 13.6. The van der Waals surface area contributed by atoms with Gasteiger partial charge in [-0.1, -0.05) is 18.2 Å². The van der Waals surface area contributed by atoms with E-state index in [1.165, 1.54) is 30.0 Å². The Morgan fingerprint density at radius 2 is 1.93 bits per heavy atom. The standard InChI is InChI=1S/C32H36ClF4N5O2S/c1-3-27(43)40-10-11-41(18(2)15-40)31-23-14-24(33)28(22-5-4-20(34)13-25(22)35)30-29(23)42(32(44)38-31)21(17-45-30)12-19-6-8-39(9-7-19)16-26(36)37/h3-5,13-14,18-19,21,26,32,44H,1,6-12,15-17H2,2H3/t18-,21+,32?/m0/s1. The summed E-state index contributed by atoms with van der Waals surface area (Å²) >= 11 is 8.44. The van der Waals surface area contributed by atoms with Crippen molar-refractivity contribution in [2.24, 2.45) is 10.9 Å². The molecule has 2 fully saturated rings. The fourth-order valence-electron chi connectivity index (χ4n) is 7.11. The number of nitrogens with zero attached hydrogens (tertiary/aromatic N) is 5. The van der Waals surface area contributed by atoms with E-state index in [1.807, 2.05) is 11.8 Å². The second-order valence-electron chi connectivity index (χ2n) is 12.2. The lowest BCUT2D eigenvalue weighted by atomic mass is 9.89. The minimum Gasteiger partial charge on any atom is -0.355 e. The molecule has 45 heavy (non-hydrogen) atoms. The zero-order valence-electron chi connectivity index (χ0n) is 24.9. The Labute approximate surface area is 269 Å². The second kappa shape index (κ2) is 13.1. The Bertz CT molecular complexity index is 1500. The van der Waals surface area contributed by atoms with Gasteiger partial charge in [-0.3, -0.25) is 9.69 Å². The number of hydrogen-bond acceptors (Lipinski definition) is 7. The zero-order chi connectivity index (χ0) is 32.0. The van der Waals surface area contributed by atoms with Gasteiger partial charge in [-0.25, -0.2) is 22.6 Å². The van der Waals surface area contributed by atoms with Gasteiger partial charge in [0, 0.05) is 65.1 Å². The highest BCUT2D eigenvalue weighted by Gasteiger charge is 2.43. The van der Waals surface area contributed by atoms with E-state index >= 15 is 4.39 Å². The van der Waals surface area contributed by atoms with Crippen molar-refractivity contribution in [2.45, 2.75) is 55.9 Å². The Morgan fingerprint density at radius 3 is 2.60 bits per heavy atom. The number of carbonyl (C=O) groups excluding carboxylic acids is 1. The lowest BCUT2D eigenvalue weighted by molar-refractivity contribution is -0.128. The van der Waals surface area contributed by atoms with Crippen LogP contribution in [0.3, 0.4) is 0 Å². The van der Waals surface area contributed by atoms with E-state index in [-0.39, 0.29) is 41.0 Å². The Balaban J connectivity index is 1.37. The molecule has 2 saturated heterocycles. The maximum atomic E-state index is 15.2. The molecule has 242 valence electrons. The molecule has 1 amide bonds. The highest BCUT2D eigenvalue weighted by molar-refractivity contribution is 7.99. The molecular weight excluding hydrogens is 630 g/mol. The first-order chi connectivity index (χ1) is 21.5. The van der Waals surface area contributed by atoms with Crippen LogP contribution in [0.15, 0.2) is 46.8 Å². The van der Waals surface area contributed by atoms with Crippen LogP contribution in [-0.4, -0.2) is 101 Å². The molecule has 1 N–H and O–H groups in total. The number of alkyl halides is 2. The van der Waals surface area contributed by atoms with Gasteiger partial charge >= 0.3 is 0 Å². The summed E-state index contributed by atoms with van der Waals surface area (Å²) < 4.78 is 55.0. The maximum absolute atomic E-state index is 15.2. The molecule has 6 rings (SSSR count). The van der Waals surface area contributed by atoms with E-state index in [2.05, 4.69) is 11.5 Å². The molecule has 1 unspecified atom stereocenters. The molecule has 0 aromatic heterocycles. The molecule has 13 heteroatoms. The number of carbonyl (C=O) groups is 1. The van der Waals surface area contributed by atoms with E-state index in [1.54, 1.807) is 15.9 Å². The lowest BCUT2D eigenvalue weighted by Gasteiger charge is -2.48. The van der Waals surface area contributed by atoms with Gasteiger partial charge in [-0.15, -0.1) is 11.8 Å². The van der Waals surface area contributed by atoms with Crippen molar-refractivity contribution in [2.75, 3.05) is 49.9 Å². The summed E-state index contributed by atoms with van der Waals surface area (Å²) in [5.41, 5.74) is 2.00. The number of amidine groups is 1. The van der Waals surface area contributed by atoms with Crippen LogP contribution in [0.5, 0.6) is 0 Å². The third-order valence-corrected chi connectivity index (χ3v) is 10.8. The zero-order valence-corrected chi connectivity index (χ0v) is 26.5. The van der Waals surface area contributed by atoms with E-state index < -0.39 is 24.4 Å². The van der Waals surface area contributed by atoms with Crippen LogP contribution >= 0.6 is 23.4 Å². The molecule has 0 spiro atoms. The number of aliphatic hydroxyl groups is 1. The van der Waals surface area contributed by atoms with Crippen molar-refractivity contribution in [1.82, 2.24) is 14.7 Å². The Morgan fingerprint density at radius 1 is 1.18 bits per heavy atom. The number of thioether (sulfide) groups is 1. The van der Waals surface area contributed by atoms with E-state index in [9.17, 15) is 23.1 Å². The average molecular weight is 666 g/mol. The first-order valence-corrected chi connectivity index (χ1v) is 16.6. The van der Waals surface area contributed by atoms with Crippen LogP contribution < -0.4 is 4.90 Å². The summed E-state index contributed by atoms with van der Waals surface area (Å²) in [6.07, 6.45) is 0.00215. The van der Waals surface area contributed by atoms with E-state index in [0.29, 0.717) is 66.0 Å². The first kappa shape index (κ1) is 32.2. The number of aliphatic hydroxyl groups excluding tert-OH is 1. The van der Waals surface area contributed by atoms with E-state index in [0.717, 1.165) is 25.3 Å². The summed E-state index contributed by atoms with van der Waals surface area (Å²) in [5, 5.41) is 12.0. The van der Waals surface area contributed by atoms with Crippen LogP contribution in [-0.2, 0) is 4.79 Å². The number of benzene rings is 2. The van der Waals surface area contributed by atoms with Crippen molar-refractivity contribution in [3.63, 3.8) is 0 Å². The smallest absolute Gasteiger partial charge is 0.251 e. The van der Waals surface area contributed by atoms with Gasteiger partial charge in [0.25, 0.3) is 6.43 Å². The largest absolute Gasteiger partial charge is 0.355 e. The van der Waals surface area contributed by atoms with Gasteiger partial charge < -0.3 is 19.8 Å². The number of rotatable bonds is 6. The number of piperazine rings is 1. The summed E-state index contributed by atoms with van der Waals surface area (Å²) in [6, 6.07) is 4.90. The number of piperidine rings is 1. The summed E-state index contributed by atoms with van der Waals surface area (Å²) in [6.45, 7) is 7.93. The van der Waals surface area contributed by atoms with E-state index in [4.69, 9.17) is 16.6 Å². The molecule has 4 heterocycles. The third kappa shape index (κ3) is 6.31. The number of anilines is 1. The van der Waals surface area contributed by atoms with Crippen LogP contribution in [0.25, 0.3) is 11.1 Å². The van der Waals surface area contributed by atoms with Gasteiger partial charge in [0.2, 0.25) is 12.3 Å². The first-order valence-electron chi connectivity index (χ1n) is 15.2. The van der Waals surface area contributed by atoms with Crippen LogP contribution in [0.4, 0.5) is 23.2 Å². The van der Waals surface area contributed by atoms with Crippen LogP contribution in [0, 0.1) is 17.6 Å². The molecule has 2 aromatic carbocycles. The fourth-order valence-corrected chi connectivity index (χ4v) is 8.84. The highest BCUT2D eigenvalue weighted by atomic mass is 35.5. The molecule has 0 bridgehead atoms. The molecule has 4 aliphatic rings. The maximum Gasteiger partial charge on any atom is 0.251 e. The van der Waals surface area contributed by atoms with Gasteiger partial charge in [0.1, 0.15) is 17.5 Å². The quantitative estimate of drug-likeness (QED) is 0.316. The minimum atomic E-state index is -2.36. The molecule has 0 aliphatic carbocycles. The number of amides is 1. The topological polar surface area (TPSA) is 62.6 Å². The fraction of sp³-hybridized carbons (Fsp3) is 0.500. The Kier molecular flexibility index (Phi) is 9.38. The predicted molar refractivity (Wildman–Crippen MR) is 169 cm³/mol. The minimum absolute atomic E-state index is 0.125. The summed E-state index contributed by atoms with van der Waals surface area (Å²) in [4.78, 5) is 25.3. The predicted octanol–water partition coefficient (Wildman–Crippen LogP) is 5.69. The number of likely N-dealkylation sites (tertiary alicyclic amines) is 1. The van der Waals surface area contributed by atoms with Crippen molar-refractivity contribution >= 4 is 40.8 Å². The summed E-state index contributed by atoms with van der Waals surface area (Å²) in [5.74, 6) is -0.184. The molecule has 0 radical (unpaired) electrons. The lowest BCUT2D eigenvalue weighted by Crippen LogP contribution is -2.58. The summed E-state index contributed by atoms with van der Waals surface area (Å²) in [7, 11) is 0. The van der Waals surface area contributed by atoms with Gasteiger partial charge in [0.15, 0.2) is 0 Å². The normalized spacial score (nSPS) is 24.1. The molecular formula is C32H36ClF4N5O2S. The molecule has 3 atom stereocenters. The molecule has 0 saturated carbocycles. The van der Waals surface area contributed by atoms with Crippen molar-refractivity contribution in [3.05, 3.63) is 59.1 Å². The molecule has 4 aliphatic heterocycles. The highest BCUT2D eigenvalue weighted by Crippen LogP contribution is 2.52. The van der Waals surface area contributed by atoms with Crippen molar-refractivity contribution < 1.29 is 27.5 Å². The Hall–Kier alpha value is -2.80. The monoisotopic (exact) mass is 665 g/mol. The molecule has 7 nitrogen and oxygen atoms in total. The van der Waals surface area contributed by atoms with Crippen molar-refractivity contribution in [1.29, 1.82) is 0 Å². The average Bonchev–Trinajstić information content (AvgIpc) is 3.00. The molecule has 2 aromatic rings. The van der Waals surface area contributed by atoms with Crippen molar-refractivity contribution in [3.8, 4) is 11.1 Å². The number of hydrogen-bond donors (Lipinski definition) is 1. The van der Waals surface area contributed by atoms with Crippen LogP contribution in [0.2, 0.25) is 5.02 Å². The SMILES string of the molecule is C=CC(=O)N1CCN(C2=NC(O)N3c4c2cc(Cl)c(-c2ccc(F)cc2F)c4SC[C@H]3CC2CCN(CC(F)F)CC2)[C@@H](C)C1. The number of halogens is 5. The number of aliphatic imine (C=N–C) groups is 1. The third-order valence-electron chi connectivity index (χ3n) is 9.30. The van der Waals surface area contributed by atoms with Gasteiger partial charge in [-0.2, -0.15) is 0 Å². The van der Waals surface area contributed by atoms with Crippen LogP contribution in [0.1, 0.15) is 31.7 Å².